The van der Waals surface area contributed by atoms with E-state index in [1.807, 2.05) is 12.1 Å². The fourth-order valence-electron chi connectivity index (χ4n) is 1.64. The van der Waals surface area contributed by atoms with Crippen LogP contribution in [0.5, 0.6) is 11.5 Å². The molecule has 0 spiro atoms. The van der Waals surface area contributed by atoms with Crippen LogP contribution in [0.3, 0.4) is 0 Å². The maximum atomic E-state index is 10.7. The first-order chi connectivity index (χ1) is 10.1. The van der Waals surface area contributed by atoms with Crippen molar-refractivity contribution in [1.29, 1.82) is 10.5 Å². The summed E-state index contributed by atoms with van der Waals surface area (Å²) in [6, 6.07) is 5.04. The van der Waals surface area contributed by atoms with Gasteiger partial charge in [0.2, 0.25) is 0 Å². The number of benzene rings is 1. The molecule has 1 rings (SSSR count). The predicted octanol–water partition coefficient (Wildman–Crippen LogP) is 1.55. The quantitative estimate of drug-likeness (QED) is 0.459. The van der Waals surface area contributed by atoms with E-state index >= 15 is 0 Å². The monoisotopic (exact) mass is 291 g/mol. The number of hydrogen-bond acceptors (Lipinski definition) is 7. The van der Waals surface area contributed by atoms with E-state index in [0.717, 1.165) is 0 Å². The summed E-state index contributed by atoms with van der Waals surface area (Å²) >= 11 is 0. The van der Waals surface area contributed by atoms with Crippen molar-refractivity contribution in [2.24, 2.45) is 0 Å². The molecule has 110 valence electrons. The molecule has 21 heavy (non-hydrogen) atoms. The van der Waals surface area contributed by atoms with Gasteiger partial charge in [0.15, 0.2) is 11.5 Å². The fraction of sp³-hybridized carbons (Fsp3) is 0.308. The number of rotatable bonds is 6. The maximum absolute atomic E-state index is 10.7. The number of anilines is 1. The molecule has 2 N–H and O–H groups in total. The van der Waals surface area contributed by atoms with Crippen LogP contribution in [-0.4, -0.2) is 38.6 Å². The zero-order valence-electron chi connectivity index (χ0n) is 11.5. The van der Waals surface area contributed by atoms with Crippen molar-refractivity contribution in [3.8, 4) is 23.6 Å². The van der Waals surface area contributed by atoms with Crippen molar-refractivity contribution in [2.75, 3.05) is 32.7 Å². The molecule has 8 heteroatoms. The van der Waals surface area contributed by atoms with E-state index in [1.165, 1.54) is 20.3 Å². The molecule has 0 bridgehead atoms. The van der Waals surface area contributed by atoms with Crippen LogP contribution >= 0.6 is 0 Å². The van der Waals surface area contributed by atoms with Gasteiger partial charge in [-0.3, -0.25) is 0 Å². The number of nitrogens with zero attached hydrogens (tertiary/aromatic N) is 2. The van der Waals surface area contributed by atoms with Gasteiger partial charge in [0, 0.05) is 19.7 Å². The number of nitrogens with one attached hydrogen (secondary N) is 1. The molecule has 0 unspecified atom stereocenters. The predicted molar refractivity (Wildman–Crippen MR) is 71.4 cm³/mol. The van der Waals surface area contributed by atoms with Crippen molar-refractivity contribution in [1.82, 2.24) is 0 Å². The van der Waals surface area contributed by atoms with Crippen LogP contribution in [0.1, 0.15) is 11.1 Å². The van der Waals surface area contributed by atoms with Gasteiger partial charge in [0.1, 0.15) is 17.7 Å². The molecule has 0 aliphatic heterocycles. The van der Waals surface area contributed by atoms with Gasteiger partial charge in [-0.05, 0) is 0 Å². The Morgan fingerprint density at radius 2 is 2.10 bits per heavy atom. The summed E-state index contributed by atoms with van der Waals surface area (Å²) in [6.45, 7) is 0.676. The highest BCUT2D eigenvalue weighted by Crippen LogP contribution is 2.38. The SMILES string of the molecule is COCCNc1c(C#N)cc(OC)c(OC(=O)O)c1C#N. The van der Waals surface area contributed by atoms with Gasteiger partial charge in [-0.1, -0.05) is 0 Å². The highest BCUT2D eigenvalue weighted by atomic mass is 16.7. The number of ether oxygens (including phenoxy) is 3. The van der Waals surface area contributed by atoms with Gasteiger partial charge >= 0.3 is 6.16 Å². The van der Waals surface area contributed by atoms with Gasteiger partial charge in [0.05, 0.1) is 25.0 Å². The smallest absolute Gasteiger partial charge is 0.493 e. The van der Waals surface area contributed by atoms with Crippen LogP contribution in [-0.2, 0) is 4.74 Å². The lowest BCUT2D eigenvalue weighted by atomic mass is 10.1. The first-order valence-corrected chi connectivity index (χ1v) is 5.77. The molecule has 0 heterocycles. The van der Waals surface area contributed by atoms with Gasteiger partial charge in [-0.15, -0.1) is 0 Å². The average Bonchev–Trinajstić information content (AvgIpc) is 2.47. The topological polar surface area (TPSA) is 125 Å². The first kappa shape index (κ1) is 16.1. The fourth-order valence-corrected chi connectivity index (χ4v) is 1.64. The van der Waals surface area contributed by atoms with E-state index in [4.69, 9.17) is 19.8 Å². The van der Waals surface area contributed by atoms with E-state index in [2.05, 4.69) is 10.1 Å². The van der Waals surface area contributed by atoms with Gasteiger partial charge < -0.3 is 24.6 Å². The first-order valence-electron chi connectivity index (χ1n) is 5.77. The molecule has 1 aromatic carbocycles. The summed E-state index contributed by atoms with van der Waals surface area (Å²) in [5.41, 5.74) is 0.191. The summed E-state index contributed by atoms with van der Waals surface area (Å²) in [5.74, 6) is -0.269. The molecule has 0 aliphatic rings. The normalized spacial score (nSPS) is 9.33. The lowest BCUT2D eigenvalue weighted by molar-refractivity contribution is 0.142. The zero-order valence-corrected chi connectivity index (χ0v) is 11.5. The second-order valence-corrected chi connectivity index (χ2v) is 3.72. The largest absolute Gasteiger partial charge is 0.511 e. The van der Waals surface area contributed by atoms with Gasteiger partial charge in [-0.2, -0.15) is 10.5 Å². The molecule has 0 saturated carbocycles. The van der Waals surface area contributed by atoms with Crippen LogP contribution in [0.15, 0.2) is 6.07 Å². The Kier molecular flexibility index (Phi) is 5.80. The van der Waals surface area contributed by atoms with E-state index in [1.54, 1.807) is 0 Å². The average molecular weight is 291 g/mol. The number of hydrogen-bond donors (Lipinski definition) is 2. The van der Waals surface area contributed by atoms with Crippen LogP contribution in [0.2, 0.25) is 0 Å². The van der Waals surface area contributed by atoms with Crippen LogP contribution < -0.4 is 14.8 Å². The van der Waals surface area contributed by atoms with E-state index in [9.17, 15) is 10.1 Å². The van der Waals surface area contributed by atoms with Crippen molar-refractivity contribution in [3.05, 3.63) is 17.2 Å². The number of carbonyl (C=O) groups is 1. The Morgan fingerprint density at radius 1 is 1.38 bits per heavy atom. The molecule has 0 aromatic heterocycles. The molecule has 0 fully saturated rings. The molecule has 0 radical (unpaired) electrons. The lowest BCUT2D eigenvalue weighted by Crippen LogP contribution is -2.13. The van der Waals surface area contributed by atoms with Crippen LogP contribution in [0, 0.1) is 22.7 Å². The highest BCUT2D eigenvalue weighted by molar-refractivity contribution is 5.77. The summed E-state index contributed by atoms with van der Waals surface area (Å²) in [7, 11) is 2.79. The molecule has 0 saturated heterocycles. The molecule has 1 aromatic rings. The van der Waals surface area contributed by atoms with Crippen LogP contribution in [0.25, 0.3) is 0 Å². The number of methoxy groups -OCH3 is 2. The number of carboxylic acid groups (broad SMARTS) is 1. The third kappa shape index (κ3) is 3.75. The zero-order chi connectivity index (χ0) is 15.8. The van der Waals surface area contributed by atoms with Crippen molar-refractivity contribution < 1.29 is 24.1 Å². The maximum Gasteiger partial charge on any atom is 0.511 e. The summed E-state index contributed by atoms with van der Waals surface area (Å²) in [4.78, 5) is 10.7. The lowest BCUT2D eigenvalue weighted by Gasteiger charge is -2.15. The van der Waals surface area contributed by atoms with Crippen molar-refractivity contribution >= 4 is 11.8 Å². The summed E-state index contributed by atoms with van der Waals surface area (Å²) in [6.07, 6.45) is -1.59. The van der Waals surface area contributed by atoms with Crippen LogP contribution in [0.4, 0.5) is 10.5 Å². The molecule has 8 nitrogen and oxygen atoms in total. The van der Waals surface area contributed by atoms with Gasteiger partial charge in [0.25, 0.3) is 0 Å². The highest BCUT2D eigenvalue weighted by Gasteiger charge is 2.22. The molecule has 0 atom stereocenters. The van der Waals surface area contributed by atoms with E-state index in [-0.39, 0.29) is 28.3 Å². The second-order valence-electron chi connectivity index (χ2n) is 3.72. The summed E-state index contributed by atoms with van der Waals surface area (Å²) < 4.78 is 14.4. The molecular weight excluding hydrogens is 278 g/mol. The minimum atomic E-state index is -1.59. The summed E-state index contributed by atoms with van der Waals surface area (Å²) in [5, 5.41) is 30.0. The molecule has 0 aliphatic carbocycles. The van der Waals surface area contributed by atoms with Crippen molar-refractivity contribution in [2.45, 2.75) is 0 Å². The minimum absolute atomic E-state index is 0.0113. The van der Waals surface area contributed by atoms with Crippen molar-refractivity contribution in [3.63, 3.8) is 0 Å². The molecular formula is C13H13N3O5. The Morgan fingerprint density at radius 3 is 2.57 bits per heavy atom. The Labute approximate surface area is 121 Å². The van der Waals surface area contributed by atoms with E-state index < -0.39 is 6.16 Å². The third-order valence-electron chi connectivity index (χ3n) is 2.50. The Balaban J connectivity index is 3.42. The minimum Gasteiger partial charge on any atom is -0.493 e. The van der Waals surface area contributed by atoms with Gasteiger partial charge in [-0.25, -0.2) is 4.79 Å². The standard InChI is InChI=1S/C13H13N3O5/c1-19-4-3-16-11-8(6-14)5-10(20-2)12(9(11)7-15)21-13(17)18/h5,16H,3-4H2,1-2H3,(H,17,18). The second kappa shape index (κ2) is 7.58. The molecule has 0 amide bonds. The van der Waals surface area contributed by atoms with E-state index in [0.29, 0.717) is 13.2 Å². The Hall–Kier alpha value is -2.97. The Bertz CT molecular complexity index is 616. The third-order valence-corrected chi connectivity index (χ3v) is 2.50. The number of nitriles is 2.